The molecule has 0 radical (unpaired) electrons. The van der Waals surface area contributed by atoms with Gasteiger partial charge in [-0.3, -0.25) is 9.59 Å². The van der Waals surface area contributed by atoms with Gasteiger partial charge < -0.3 is 16.0 Å². The van der Waals surface area contributed by atoms with Crippen LogP contribution >= 0.6 is 11.6 Å². The topological polar surface area (TPSA) is 110 Å². The Morgan fingerprint density at radius 2 is 1.88 bits per heavy atom. The van der Waals surface area contributed by atoms with E-state index >= 15 is 0 Å². The number of nitrogens with zero attached hydrogens (tertiary/aromatic N) is 1. The van der Waals surface area contributed by atoms with E-state index in [1.54, 1.807) is 24.3 Å². The first-order valence-corrected chi connectivity index (χ1v) is 11.5. The van der Waals surface area contributed by atoms with Gasteiger partial charge in [0.25, 0.3) is 11.8 Å². The number of halogens is 4. The lowest BCUT2D eigenvalue weighted by Crippen LogP contribution is -2.45. The van der Waals surface area contributed by atoms with Crippen LogP contribution in [0.1, 0.15) is 22.3 Å². The minimum absolute atomic E-state index is 0.139. The molecule has 0 spiro atoms. The predicted octanol–water partition coefficient (Wildman–Crippen LogP) is 2.26. The third-order valence-corrected chi connectivity index (χ3v) is 7.33. The molecule has 0 aromatic heterocycles. The fourth-order valence-electron chi connectivity index (χ4n) is 3.44. The van der Waals surface area contributed by atoms with E-state index in [9.17, 15) is 31.2 Å². The molecule has 7 nitrogen and oxygen atoms in total. The smallest absolute Gasteiger partial charge is 0.270 e. The molecule has 1 saturated carbocycles. The number of nitrogens with two attached hydrogens (primary N) is 1. The summed E-state index contributed by atoms with van der Waals surface area (Å²) in [5.74, 6) is -6.95. The number of fused-ring (bicyclic) bond motifs is 1. The Kier molecular flexibility index (Phi) is 5.46. The third-order valence-electron chi connectivity index (χ3n) is 5.29. The summed E-state index contributed by atoms with van der Waals surface area (Å²) in [4.78, 5) is 25.9. The van der Waals surface area contributed by atoms with E-state index in [1.165, 1.54) is 0 Å². The highest BCUT2D eigenvalue weighted by molar-refractivity contribution is 7.91. The first kappa shape index (κ1) is 22.6. The molecular formula is C20H17ClF3N3O4S. The molecule has 2 amide bonds. The van der Waals surface area contributed by atoms with Crippen molar-refractivity contribution in [3.63, 3.8) is 0 Å². The molecule has 1 aliphatic heterocycles. The van der Waals surface area contributed by atoms with Gasteiger partial charge in [-0.2, -0.15) is 0 Å². The van der Waals surface area contributed by atoms with Gasteiger partial charge in [0.15, 0.2) is 9.84 Å². The van der Waals surface area contributed by atoms with Crippen LogP contribution in [-0.2, 0) is 21.2 Å². The number of amides is 2. The zero-order chi connectivity index (χ0) is 23.4. The third kappa shape index (κ3) is 4.19. The van der Waals surface area contributed by atoms with Crippen LogP contribution in [-0.4, -0.2) is 44.0 Å². The highest BCUT2D eigenvalue weighted by atomic mass is 35.5. The summed E-state index contributed by atoms with van der Waals surface area (Å²) in [7, 11) is -4.19. The molecule has 0 unspecified atom stereocenters. The Morgan fingerprint density at radius 3 is 2.47 bits per heavy atom. The molecule has 2 aromatic rings. The largest absolute Gasteiger partial charge is 0.343 e. The Balaban J connectivity index is 1.80. The van der Waals surface area contributed by atoms with Gasteiger partial charge in [0, 0.05) is 11.4 Å². The number of rotatable bonds is 4. The van der Waals surface area contributed by atoms with Crippen molar-refractivity contribution < 1.29 is 31.2 Å². The second-order valence-corrected chi connectivity index (χ2v) is 10.2. The van der Waals surface area contributed by atoms with Gasteiger partial charge in [0.2, 0.25) is 5.91 Å². The molecule has 4 rings (SSSR count). The Labute approximate surface area is 186 Å². The van der Waals surface area contributed by atoms with E-state index < -0.39 is 68.1 Å². The number of benzene rings is 2. The van der Waals surface area contributed by atoms with Crippen molar-refractivity contribution >= 4 is 38.9 Å². The van der Waals surface area contributed by atoms with Gasteiger partial charge >= 0.3 is 0 Å². The summed E-state index contributed by atoms with van der Waals surface area (Å²) in [6.07, 6.45) is -0.574. The van der Waals surface area contributed by atoms with Gasteiger partial charge in [0.1, 0.15) is 5.82 Å². The summed E-state index contributed by atoms with van der Waals surface area (Å²) in [6, 6.07) is 4.97. The second kappa shape index (κ2) is 7.75. The van der Waals surface area contributed by atoms with E-state index in [-0.39, 0.29) is 12.2 Å². The van der Waals surface area contributed by atoms with Crippen molar-refractivity contribution in [2.45, 2.75) is 35.9 Å². The molecule has 170 valence electrons. The Hall–Kier alpha value is -2.63. The molecule has 0 saturated heterocycles. The van der Waals surface area contributed by atoms with Crippen molar-refractivity contribution in [2.24, 2.45) is 5.73 Å². The number of carbonyl (C=O) groups is 2. The van der Waals surface area contributed by atoms with Crippen LogP contribution in [0.2, 0.25) is 5.02 Å². The minimum atomic E-state index is -4.19. The minimum Gasteiger partial charge on any atom is -0.343 e. The highest BCUT2D eigenvalue weighted by Crippen LogP contribution is 2.42. The summed E-state index contributed by atoms with van der Waals surface area (Å²) in [5.41, 5.74) is 5.44. The molecule has 1 heterocycles. The van der Waals surface area contributed by atoms with Crippen LogP contribution in [0.4, 0.5) is 18.9 Å². The molecule has 2 aliphatic rings. The standard InChI is InChI=1S/C20H17ClF3N3O4S/c21-11-3-1-10(2-4-11)8-27-15-5-12(18(28)26-17-7-20(17,23)24)13(22)6-16(15)32(30,31)9-14(25)19(27)29/h1-6,14,17H,7-9,25H2,(H,26,28)/t14-,17-/m0/s1. The van der Waals surface area contributed by atoms with Gasteiger partial charge in [0.05, 0.1) is 40.5 Å². The lowest BCUT2D eigenvalue weighted by Gasteiger charge is -2.25. The zero-order valence-corrected chi connectivity index (χ0v) is 17.9. The lowest BCUT2D eigenvalue weighted by atomic mass is 10.1. The van der Waals surface area contributed by atoms with Crippen molar-refractivity contribution in [3.05, 3.63) is 58.4 Å². The zero-order valence-electron chi connectivity index (χ0n) is 16.3. The summed E-state index contributed by atoms with van der Waals surface area (Å²) < 4.78 is 66.5. The maximum absolute atomic E-state index is 14.7. The molecule has 0 bridgehead atoms. The van der Waals surface area contributed by atoms with Gasteiger partial charge in [-0.25, -0.2) is 21.6 Å². The first-order chi connectivity index (χ1) is 14.9. The van der Waals surface area contributed by atoms with Gasteiger partial charge in [-0.05, 0) is 29.8 Å². The van der Waals surface area contributed by atoms with Crippen molar-refractivity contribution in [2.75, 3.05) is 10.7 Å². The number of carbonyl (C=O) groups excluding carboxylic acids is 2. The number of hydrogen-bond donors (Lipinski definition) is 2. The molecule has 12 heteroatoms. The summed E-state index contributed by atoms with van der Waals surface area (Å²) in [6.45, 7) is -0.139. The van der Waals surface area contributed by atoms with Crippen LogP contribution in [0.15, 0.2) is 41.3 Å². The van der Waals surface area contributed by atoms with Crippen molar-refractivity contribution in [1.29, 1.82) is 0 Å². The van der Waals surface area contributed by atoms with E-state index in [4.69, 9.17) is 17.3 Å². The average molecular weight is 488 g/mol. The second-order valence-electron chi connectivity index (χ2n) is 7.73. The fourth-order valence-corrected chi connectivity index (χ4v) is 5.13. The van der Waals surface area contributed by atoms with E-state index in [0.717, 1.165) is 11.0 Å². The Bertz CT molecular complexity index is 1220. The molecule has 3 N–H and O–H groups in total. The molecule has 32 heavy (non-hydrogen) atoms. The van der Waals surface area contributed by atoms with Crippen LogP contribution in [0, 0.1) is 5.82 Å². The van der Waals surface area contributed by atoms with E-state index in [2.05, 4.69) is 0 Å². The molecule has 2 atom stereocenters. The maximum atomic E-state index is 14.7. The normalized spacial score (nSPS) is 23.3. The first-order valence-electron chi connectivity index (χ1n) is 9.45. The quantitative estimate of drug-likeness (QED) is 0.687. The predicted molar refractivity (Wildman–Crippen MR) is 110 cm³/mol. The molecule has 1 aliphatic carbocycles. The van der Waals surface area contributed by atoms with Crippen LogP contribution in [0.3, 0.4) is 0 Å². The number of hydrogen-bond acceptors (Lipinski definition) is 5. The summed E-state index contributed by atoms with van der Waals surface area (Å²) >= 11 is 5.87. The number of sulfone groups is 1. The number of nitrogens with one attached hydrogen (secondary N) is 1. The van der Waals surface area contributed by atoms with Crippen LogP contribution in [0.25, 0.3) is 0 Å². The van der Waals surface area contributed by atoms with E-state index in [0.29, 0.717) is 16.7 Å². The monoisotopic (exact) mass is 487 g/mol. The van der Waals surface area contributed by atoms with Crippen molar-refractivity contribution in [1.82, 2.24) is 5.32 Å². The molecule has 1 fully saturated rings. The maximum Gasteiger partial charge on any atom is 0.270 e. The van der Waals surface area contributed by atoms with Gasteiger partial charge in [-0.15, -0.1) is 0 Å². The average Bonchev–Trinajstić information content (AvgIpc) is 3.32. The number of anilines is 1. The van der Waals surface area contributed by atoms with Crippen LogP contribution in [0.5, 0.6) is 0 Å². The molecule has 2 aromatic carbocycles. The van der Waals surface area contributed by atoms with E-state index in [1.807, 2.05) is 5.32 Å². The van der Waals surface area contributed by atoms with Gasteiger partial charge in [-0.1, -0.05) is 23.7 Å². The van der Waals surface area contributed by atoms with Crippen LogP contribution < -0.4 is 16.0 Å². The highest BCUT2D eigenvalue weighted by Gasteiger charge is 2.58. The van der Waals surface area contributed by atoms with Crippen molar-refractivity contribution in [3.8, 4) is 0 Å². The summed E-state index contributed by atoms with van der Waals surface area (Å²) in [5, 5.41) is 2.45. The lowest BCUT2D eigenvalue weighted by molar-refractivity contribution is -0.119. The number of alkyl halides is 2. The Morgan fingerprint density at radius 1 is 1.25 bits per heavy atom. The SMILES string of the molecule is N[C@H]1CS(=O)(=O)c2cc(F)c(C(=O)N[C@H]3CC3(F)F)cc2N(Cc2ccc(Cl)cc2)C1=O. The molecular weight excluding hydrogens is 471 g/mol. The fraction of sp³-hybridized carbons (Fsp3) is 0.300.